The molecule has 0 bridgehead atoms. The van der Waals surface area contributed by atoms with Gasteiger partial charge in [-0.1, -0.05) is 0 Å². The van der Waals surface area contributed by atoms with Gasteiger partial charge in [-0.25, -0.2) is 4.98 Å². The molecule has 1 N–H and O–H groups in total. The van der Waals surface area contributed by atoms with Gasteiger partial charge in [-0.2, -0.15) is 18.4 Å². The highest BCUT2D eigenvalue weighted by molar-refractivity contribution is 9.10. The third kappa shape index (κ3) is 4.22. The first-order valence-corrected chi connectivity index (χ1v) is 9.44. The van der Waals surface area contributed by atoms with Crippen molar-refractivity contribution in [2.45, 2.75) is 19.1 Å². The summed E-state index contributed by atoms with van der Waals surface area (Å²) in [6, 6.07) is 4.92. The van der Waals surface area contributed by atoms with Crippen molar-refractivity contribution in [2.75, 3.05) is 5.32 Å². The zero-order chi connectivity index (χ0) is 23.1. The minimum absolute atomic E-state index is 0.0183. The number of hydrogen-bond donors (Lipinski definition) is 1. The second kappa shape index (κ2) is 7.99. The van der Waals surface area contributed by atoms with Gasteiger partial charge in [0.15, 0.2) is 0 Å². The molecule has 2 aromatic heterocycles. The molecule has 2 heterocycles. The molecular formula is C19H13BrF3N5O3. The Morgan fingerprint density at radius 3 is 2.58 bits per heavy atom. The Bertz CT molecular complexity index is 1310. The lowest BCUT2D eigenvalue weighted by Crippen LogP contribution is -2.19. The molecule has 0 saturated heterocycles. The van der Waals surface area contributed by atoms with Gasteiger partial charge in [0.2, 0.25) is 0 Å². The molecule has 160 valence electrons. The van der Waals surface area contributed by atoms with Gasteiger partial charge in [-0.3, -0.25) is 14.9 Å². The molecule has 8 nitrogen and oxygen atoms in total. The molecule has 0 fully saturated rings. The normalized spacial score (nSPS) is 12.4. The second-order valence-electron chi connectivity index (χ2n) is 6.69. The van der Waals surface area contributed by atoms with Crippen molar-refractivity contribution >= 4 is 38.3 Å². The Balaban J connectivity index is 2.14. The molecule has 3 rings (SSSR count). The number of nitrogens with zero attached hydrogens (tertiary/aromatic N) is 4. The Labute approximate surface area is 181 Å². The number of nitro groups is 1. The standard InChI is InChI=1S/C19H13BrF3N5O3/c1-9(10-3-12(19(21,22)23)5-13(4-10)28(30)31)26-17-14-6-15(20)18(29)27(2)16(14)11(7-24)8-25-17/h3-6,8-9H,1-2H3,(H,25,26)/t9-/m1/s1. The van der Waals surface area contributed by atoms with Crippen LogP contribution in [0.4, 0.5) is 24.7 Å². The van der Waals surface area contributed by atoms with Crippen molar-refractivity contribution in [3.05, 3.63) is 72.1 Å². The minimum Gasteiger partial charge on any atom is -0.363 e. The molecule has 12 heteroatoms. The molecule has 0 amide bonds. The van der Waals surface area contributed by atoms with Crippen molar-refractivity contribution < 1.29 is 18.1 Å². The summed E-state index contributed by atoms with van der Waals surface area (Å²) in [7, 11) is 1.47. The first-order valence-electron chi connectivity index (χ1n) is 8.65. The number of benzene rings is 1. The van der Waals surface area contributed by atoms with Gasteiger partial charge in [0, 0.05) is 30.8 Å². The number of halogens is 4. The fraction of sp³-hybridized carbons (Fsp3) is 0.211. The summed E-state index contributed by atoms with van der Waals surface area (Å²) in [6.07, 6.45) is -3.53. The smallest absolute Gasteiger partial charge is 0.363 e. The van der Waals surface area contributed by atoms with Crippen LogP contribution >= 0.6 is 15.9 Å². The second-order valence-corrected chi connectivity index (χ2v) is 7.54. The van der Waals surface area contributed by atoms with E-state index in [0.29, 0.717) is 11.5 Å². The molecule has 0 radical (unpaired) electrons. The maximum absolute atomic E-state index is 13.2. The number of fused-ring (bicyclic) bond motifs is 1. The van der Waals surface area contributed by atoms with Gasteiger partial charge in [0.25, 0.3) is 11.2 Å². The Kier molecular flexibility index (Phi) is 5.73. The lowest BCUT2D eigenvalue weighted by atomic mass is 10.0. The number of aryl methyl sites for hydroxylation is 1. The van der Waals surface area contributed by atoms with E-state index >= 15 is 0 Å². The van der Waals surface area contributed by atoms with Crippen LogP contribution in [0.5, 0.6) is 0 Å². The van der Waals surface area contributed by atoms with E-state index in [2.05, 4.69) is 26.2 Å². The van der Waals surface area contributed by atoms with Crippen LogP contribution in [0, 0.1) is 21.4 Å². The Morgan fingerprint density at radius 1 is 1.32 bits per heavy atom. The van der Waals surface area contributed by atoms with Crippen LogP contribution in [0.25, 0.3) is 10.9 Å². The minimum atomic E-state index is -4.76. The quantitative estimate of drug-likeness (QED) is 0.415. The lowest BCUT2D eigenvalue weighted by Gasteiger charge is -2.19. The van der Waals surface area contributed by atoms with Crippen LogP contribution < -0.4 is 10.9 Å². The molecule has 3 aromatic rings. The average Bonchev–Trinajstić information content (AvgIpc) is 2.71. The van der Waals surface area contributed by atoms with Crippen LogP contribution in [0.2, 0.25) is 0 Å². The Hall–Kier alpha value is -3.46. The fourth-order valence-electron chi connectivity index (χ4n) is 3.10. The number of pyridine rings is 2. The summed E-state index contributed by atoms with van der Waals surface area (Å²) in [6.45, 7) is 1.52. The molecule has 31 heavy (non-hydrogen) atoms. The van der Waals surface area contributed by atoms with Crippen LogP contribution in [0.1, 0.15) is 29.7 Å². The molecule has 0 spiro atoms. The van der Waals surface area contributed by atoms with E-state index in [1.807, 2.05) is 6.07 Å². The van der Waals surface area contributed by atoms with Gasteiger partial charge < -0.3 is 9.88 Å². The predicted molar refractivity (Wildman–Crippen MR) is 110 cm³/mol. The van der Waals surface area contributed by atoms with Crippen LogP contribution in [-0.4, -0.2) is 14.5 Å². The maximum Gasteiger partial charge on any atom is 0.416 e. The van der Waals surface area contributed by atoms with Crippen molar-refractivity contribution in [1.82, 2.24) is 9.55 Å². The summed E-state index contributed by atoms with van der Waals surface area (Å²) in [4.78, 5) is 26.6. The van der Waals surface area contributed by atoms with Gasteiger partial charge in [-0.15, -0.1) is 0 Å². The largest absolute Gasteiger partial charge is 0.416 e. The Morgan fingerprint density at radius 2 is 2.00 bits per heavy atom. The number of nitrogens with one attached hydrogen (secondary N) is 1. The van der Waals surface area contributed by atoms with E-state index in [1.54, 1.807) is 0 Å². The van der Waals surface area contributed by atoms with Crippen molar-refractivity contribution in [1.29, 1.82) is 5.26 Å². The lowest BCUT2D eigenvalue weighted by molar-refractivity contribution is -0.385. The van der Waals surface area contributed by atoms with E-state index in [0.717, 1.165) is 12.1 Å². The first-order chi connectivity index (χ1) is 14.4. The third-order valence-corrected chi connectivity index (χ3v) is 5.22. The van der Waals surface area contributed by atoms with Crippen molar-refractivity contribution in [2.24, 2.45) is 7.05 Å². The predicted octanol–water partition coefficient (Wildman–Crippen LogP) is 4.67. The van der Waals surface area contributed by atoms with Crippen LogP contribution in [0.3, 0.4) is 0 Å². The zero-order valence-electron chi connectivity index (χ0n) is 16.0. The number of nitriles is 1. The highest BCUT2D eigenvalue weighted by Crippen LogP contribution is 2.35. The van der Waals surface area contributed by atoms with E-state index in [4.69, 9.17) is 0 Å². The molecule has 0 aliphatic heterocycles. The number of rotatable bonds is 4. The monoisotopic (exact) mass is 495 g/mol. The van der Waals surface area contributed by atoms with Gasteiger partial charge in [0.05, 0.1) is 32.1 Å². The summed E-state index contributed by atoms with van der Waals surface area (Å²) in [5.74, 6) is 0.192. The third-order valence-electron chi connectivity index (χ3n) is 4.66. The highest BCUT2D eigenvalue weighted by Gasteiger charge is 2.33. The number of non-ortho nitro benzene ring substituents is 1. The maximum atomic E-state index is 13.2. The summed E-state index contributed by atoms with van der Waals surface area (Å²) in [5.41, 5.74) is -1.78. The molecule has 0 aliphatic rings. The number of hydrogen-bond acceptors (Lipinski definition) is 6. The van der Waals surface area contributed by atoms with E-state index in [1.165, 1.54) is 30.8 Å². The van der Waals surface area contributed by atoms with E-state index in [-0.39, 0.29) is 32.5 Å². The molecular weight excluding hydrogens is 483 g/mol. The average molecular weight is 496 g/mol. The number of alkyl halides is 3. The van der Waals surface area contributed by atoms with Crippen molar-refractivity contribution in [3.63, 3.8) is 0 Å². The van der Waals surface area contributed by atoms with Gasteiger partial charge in [-0.05, 0) is 40.5 Å². The first kappa shape index (κ1) is 22.2. The van der Waals surface area contributed by atoms with E-state index < -0.39 is 28.4 Å². The van der Waals surface area contributed by atoms with Crippen molar-refractivity contribution in [3.8, 4) is 6.07 Å². The molecule has 1 atom stereocenters. The molecule has 0 saturated carbocycles. The summed E-state index contributed by atoms with van der Waals surface area (Å²) < 4.78 is 41.0. The van der Waals surface area contributed by atoms with Gasteiger partial charge >= 0.3 is 6.18 Å². The molecule has 0 unspecified atom stereocenters. The number of aromatic nitrogens is 2. The SMILES string of the molecule is C[C@@H](Nc1ncc(C#N)c2c1cc(Br)c(=O)n2C)c1cc([N+](=O)[O-])cc(C(F)(F)F)c1. The van der Waals surface area contributed by atoms with Crippen LogP contribution in [-0.2, 0) is 13.2 Å². The van der Waals surface area contributed by atoms with Crippen LogP contribution in [0.15, 0.2) is 39.7 Å². The molecule has 0 aliphatic carbocycles. The number of anilines is 1. The van der Waals surface area contributed by atoms with E-state index in [9.17, 15) is 33.3 Å². The topological polar surface area (TPSA) is 114 Å². The van der Waals surface area contributed by atoms with Gasteiger partial charge in [0.1, 0.15) is 11.9 Å². The molecule has 1 aromatic carbocycles. The number of nitro benzene ring substituents is 1. The zero-order valence-corrected chi connectivity index (χ0v) is 17.6. The fourth-order valence-corrected chi connectivity index (χ4v) is 3.60. The summed E-state index contributed by atoms with van der Waals surface area (Å²) >= 11 is 3.14. The highest BCUT2D eigenvalue weighted by atomic mass is 79.9. The summed E-state index contributed by atoms with van der Waals surface area (Å²) in [5, 5.41) is 23.8.